The number of carbonyl (C=O) groups is 1. The first-order valence-electron chi connectivity index (χ1n) is 8.72. The maximum absolute atomic E-state index is 12.5. The van der Waals surface area contributed by atoms with Gasteiger partial charge < -0.3 is 4.42 Å². The van der Waals surface area contributed by atoms with Crippen molar-refractivity contribution in [3.05, 3.63) is 76.1 Å². The van der Waals surface area contributed by atoms with E-state index in [1.807, 2.05) is 31.2 Å². The van der Waals surface area contributed by atoms with E-state index in [-0.39, 0.29) is 18.0 Å². The maximum atomic E-state index is 12.5. The zero-order chi connectivity index (χ0) is 20.3. The lowest BCUT2D eigenvalue weighted by atomic mass is 10.1. The fourth-order valence-electron chi connectivity index (χ4n) is 2.77. The standard InChI is InChI=1S/C21H20ClNO4S/c1-14-3-7-17(8-4-14)21-23-20(15(2)27-21)13-28(25,26)12-19(24)11-16-5-9-18(22)10-6-16/h3-10H,11-13H2,1-2H3. The minimum absolute atomic E-state index is 0.0445. The molecule has 0 saturated carbocycles. The van der Waals surface area contributed by atoms with Crippen LogP contribution in [0.4, 0.5) is 0 Å². The molecule has 3 aromatic rings. The number of nitrogens with zero attached hydrogens (tertiary/aromatic N) is 1. The highest BCUT2D eigenvalue weighted by Crippen LogP contribution is 2.23. The van der Waals surface area contributed by atoms with Crippen LogP contribution in [-0.4, -0.2) is 24.9 Å². The van der Waals surface area contributed by atoms with Gasteiger partial charge in [-0.1, -0.05) is 41.4 Å². The van der Waals surface area contributed by atoms with Crippen molar-refractivity contribution >= 4 is 27.2 Å². The third-order valence-corrected chi connectivity index (χ3v) is 5.97. The second kappa shape index (κ2) is 8.29. The minimum Gasteiger partial charge on any atom is -0.441 e. The van der Waals surface area contributed by atoms with E-state index in [2.05, 4.69) is 4.98 Å². The Morgan fingerprint density at radius 1 is 1.04 bits per heavy atom. The van der Waals surface area contributed by atoms with E-state index >= 15 is 0 Å². The van der Waals surface area contributed by atoms with Crippen LogP contribution in [0, 0.1) is 13.8 Å². The molecule has 0 saturated heterocycles. The molecule has 0 bridgehead atoms. The van der Waals surface area contributed by atoms with Gasteiger partial charge in [0.1, 0.15) is 11.5 Å². The van der Waals surface area contributed by atoms with Crippen LogP contribution in [-0.2, 0) is 26.8 Å². The van der Waals surface area contributed by atoms with Gasteiger partial charge >= 0.3 is 0 Å². The van der Waals surface area contributed by atoms with Crippen molar-refractivity contribution in [2.45, 2.75) is 26.0 Å². The summed E-state index contributed by atoms with van der Waals surface area (Å²) in [6, 6.07) is 14.4. The summed E-state index contributed by atoms with van der Waals surface area (Å²) in [5.74, 6) is -0.441. The Bertz CT molecular complexity index is 1080. The summed E-state index contributed by atoms with van der Waals surface area (Å²) < 4.78 is 30.6. The van der Waals surface area contributed by atoms with E-state index in [9.17, 15) is 13.2 Å². The van der Waals surface area contributed by atoms with E-state index in [1.165, 1.54) is 0 Å². The van der Waals surface area contributed by atoms with Crippen molar-refractivity contribution in [2.24, 2.45) is 0 Å². The van der Waals surface area contributed by atoms with Crippen LogP contribution >= 0.6 is 11.6 Å². The molecule has 1 aromatic heterocycles. The number of oxazole rings is 1. The minimum atomic E-state index is -3.66. The Balaban J connectivity index is 1.69. The van der Waals surface area contributed by atoms with Gasteiger partial charge in [0.05, 0.1) is 11.4 Å². The smallest absolute Gasteiger partial charge is 0.226 e. The number of sulfone groups is 1. The van der Waals surface area contributed by atoms with Gasteiger partial charge in [0.15, 0.2) is 15.6 Å². The lowest BCUT2D eigenvalue weighted by Crippen LogP contribution is -2.19. The molecule has 0 aliphatic carbocycles. The number of carbonyl (C=O) groups excluding carboxylic acids is 1. The molecule has 0 radical (unpaired) electrons. The number of halogens is 1. The maximum Gasteiger partial charge on any atom is 0.226 e. The summed E-state index contributed by atoms with van der Waals surface area (Å²) in [6.45, 7) is 3.65. The summed E-state index contributed by atoms with van der Waals surface area (Å²) in [6.07, 6.45) is 0.0445. The van der Waals surface area contributed by atoms with Gasteiger partial charge in [0.2, 0.25) is 5.89 Å². The number of hydrogen-bond donors (Lipinski definition) is 0. The van der Waals surface area contributed by atoms with Crippen LogP contribution in [0.1, 0.15) is 22.6 Å². The van der Waals surface area contributed by atoms with Gasteiger partial charge in [-0.15, -0.1) is 0 Å². The second-order valence-corrected chi connectivity index (χ2v) is 9.26. The van der Waals surface area contributed by atoms with Gasteiger partial charge in [-0.3, -0.25) is 4.79 Å². The lowest BCUT2D eigenvalue weighted by molar-refractivity contribution is -0.116. The van der Waals surface area contributed by atoms with Crippen LogP contribution in [0.5, 0.6) is 0 Å². The summed E-state index contributed by atoms with van der Waals surface area (Å²) in [4.78, 5) is 16.5. The summed E-state index contributed by atoms with van der Waals surface area (Å²) in [7, 11) is -3.66. The van der Waals surface area contributed by atoms with Crippen molar-refractivity contribution < 1.29 is 17.6 Å². The SMILES string of the molecule is Cc1ccc(-c2nc(CS(=O)(=O)CC(=O)Cc3ccc(Cl)cc3)c(C)o2)cc1. The summed E-state index contributed by atoms with van der Waals surface area (Å²) in [5, 5.41) is 0.565. The van der Waals surface area contributed by atoms with Gasteiger partial charge in [0.25, 0.3) is 0 Å². The molecule has 0 spiro atoms. The Kier molecular flexibility index (Phi) is 6.01. The van der Waals surface area contributed by atoms with E-state index in [1.54, 1.807) is 31.2 Å². The highest BCUT2D eigenvalue weighted by atomic mass is 35.5. The zero-order valence-electron chi connectivity index (χ0n) is 15.6. The highest BCUT2D eigenvalue weighted by Gasteiger charge is 2.22. The van der Waals surface area contributed by atoms with Crippen LogP contribution in [0.25, 0.3) is 11.5 Å². The number of aromatic nitrogens is 1. The number of aryl methyl sites for hydroxylation is 2. The molecule has 0 N–H and O–H groups in total. The molecule has 0 amide bonds. The third-order valence-electron chi connectivity index (χ3n) is 4.24. The van der Waals surface area contributed by atoms with Crippen LogP contribution < -0.4 is 0 Å². The number of hydrogen-bond acceptors (Lipinski definition) is 5. The quantitative estimate of drug-likeness (QED) is 0.571. The van der Waals surface area contributed by atoms with Gasteiger partial charge in [-0.05, 0) is 43.7 Å². The number of benzene rings is 2. The van der Waals surface area contributed by atoms with Gasteiger partial charge in [0, 0.05) is 17.0 Å². The Morgan fingerprint density at radius 3 is 2.32 bits per heavy atom. The molecule has 0 fully saturated rings. The largest absolute Gasteiger partial charge is 0.441 e. The average molecular weight is 418 g/mol. The van der Waals surface area contributed by atoms with Crippen molar-refractivity contribution in [2.75, 3.05) is 5.75 Å². The molecular formula is C21H20ClNO4S. The third kappa shape index (κ3) is 5.30. The lowest BCUT2D eigenvalue weighted by Gasteiger charge is -2.03. The van der Waals surface area contributed by atoms with E-state index in [0.717, 1.165) is 16.7 Å². The van der Waals surface area contributed by atoms with Crippen LogP contribution in [0.2, 0.25) is 5.02 Å². The molecule has 146 valence electrons. The summed E-state index contributed by atoms with van der Waals surface area (Å²) >= 11 is 5.82. The first-order valence-corrected chi connectivity index (χ1v) is 10.9. The number of ketones is 1. The zero-order valence-corrected chi connectivity index (χ0v) is 17.2. The molecule has 28 heavy (non-hydrogen) atoms. The Hall–Kier alpha value is -2.44. The normalized spacial score (nSPS) is 11.5. The molecule has 5 nitrogen and oxygen atoms in total. The molecule has 0 atom stereocenters. The first kappa shape index (κ1) is 20.3. The van der Waals surface area contributed by atoms with E-state index < -0.39 is 15.6 Å². The summed E-state index contributed by atoms with van der Waals surface area (Å²) in [5.41, 5.74) is 2.93. The van der Waals surface area contributed by atoms with Crippen molar-refractivity contribution in [1.29, 1.82) is 0 Å². The molecule has 7 heteroatoms. The Labute approximate surface area is 169 Å². The molecule has 1 heterocycles. The number of rotatable bonds is 7. The van der Waals surface area contributed by atoms with E-state index in [4.69, 9.17) is 16.0 Å². The fourth-order valence-corrected chi connectivity index (χ4v) is 4.27. The van der Waals surface area contributed by atoms with Crippen molar-refractivity contribution in [3.8, 4) is 11.5 Å². The fraction of sp³-hybridized carbons (Fsp3) is 0.238. The van der Waals surface area contributed by atoms with Crippen molar-refractivity contribution in [1.82, 2.24) is 4.98 Å². The van der Waals surface area contributed by atoms with Crippen LogP contribution in [0.15, 0.2) is 52.9 Å². The molecular weight excluding hydrogens is 398 g/mol. The van der Waals surface area contributed by atoms with Gasteiger partial charge in [-0.2, -0.15) is 0 Å². The van der Waals surface area contributed by atoms with Crippen molar-refractivity contribution in [3.63, 3.8) is 0 Å². The Morgan fingerprint density at radius 2 is 1.68 bits per heavy atom. The molecule has 0 aliphatic heterocycles. The molecule has 0 aliphatic rings. The first-order chi connectivity index (χ1) is 13.2. The molecule has 2 aromatic carbocycles. The molecule has 3 rings (SSSR count). The van der Waals surface area contributed by atoms with Gasteiger partial charge in [-0.25, -0.2) is 13.4 Å². The van der Waals surface area contributed by atoms with Crippen LogP contribution in [0.3, 0.4) is 0 Å². The predicted octanol–water partition coefficient (Wildman–Crippen LogP) is 4.34. The monoisotopic (exact) mass is 417 g/mol. The second-order valence-electron chi connectivity index (χ2n) is 6.76. The average Bonchev–Trinajstić information content (AvgIpc) is 2.97. The predicted molar refractivity (Wildman–Crippen MR) is 109 cm³/mol. The van der Waals surface area contributed by atoms with E-state index in [0.29, 0.717) is 22.4 Å². The highest BCUT2D eigenvalue weighted by molar-refractivity contribution is 7.91. The number of Topliss-reactive ketones (excluding diaryl/α,β-unsaturated/α-hetero) is 1. The molecule has 0 unspecified atom stereocenters. The topological polar surface area (TPSA) is 77.2 Å².